The van der Waals surface area contributed by atoms with Gasteiger partial charge >= 0.3 is 11.9 Å². The molecule has 0 aromatic carbocycles. The molecule has 2 aliphatic carbocycles. The third-order valence-corrected chi connectivity index (χ3v) is 7.48. The summed E-state index contributed by atoms with van der Waals surface area (Å²) in [5.74, 6) is -2.62. The van der Waals surface area contributed by atoms with Crippen LogP contribution >= 0.6 is 0 Å². The van der Waals surface area contributed by atoms with Crippen LogP contribution in [0.1, 0.15) is 27.2 Å². The summed E-state index contributed by atoms with van der Waals surface area (Å²) < 4.78 is 22.7. The Labute approximate surface area is 162 Å². The number of aliphatic hydroxyl groups is 2. The van der Waals surface area contributed by atoms with Crippen molar-refractivity contribution < 1.29 is 38.7 Å². The molecule has 0 bridgehead atoms. The summed E-state index contributed by atoms with van der Waals surface area (Å²) in [6.45, 7) is 9.24. The van der Waals surface area contributed by atoms with Gasteiger partial charge in [0, 0.05) is 17.6 Å². The Balaban J connectivity index is 1.61. The van der Waals surface area contributed by atoms with Crippen LogP contribution in [0.4, 0.5) is 0 Å². The first-order valence-corrected chi connectivity index (χ1v) is 9.56. The molecule has 3 aliphatic heterocycles. The van der Waals surface area contributed by atoms with Crippen LogP contribution in [0.2, 0.25) is 0 Å². The van der Waals surface area contributed by atoms with Crippen molar-refractivity contribution in [3.8, 4) is 0 Å². The molecule has 5 aliphatic rings. The molecule has 3 heterocycles. The number of aliphatic hydroxyl groups excluding tert-OH is 1. The lowest BCUT2D eigenvalue weighted by molar-refractivity contribution is -0.196. The van der Waals surface area contributed by atoms with Crippen molar-refractivity contribution in [3.05, 3.63) is 23.8 Å². The minimum absolute atomic E-state index is 0.146. The lowest BCUT2D eigenvalue weighted by Crippen LogP contribution is -2.61. The predicted octanol–water partition coefficient (Wildman–Crippen LogP) is 0.0142. The van der Waals surface area contributed by atoms with Crippen LogP contribution in [-0.2, 0) is 28.5 Å². The predicted molar refractivity (Wildman–Crippen MR) is 92.8 cm³/mol. The molecule has 9 atom stereocenters. The maximum atomic E-state index is 12.5. The second-order valence-electron chi connectivity index (χ2n) is 8.79. The molecule has 1 spiro atoms. The number of carbonyl (C=O) groups is 2. The van der Waals surface area contributed by atoms with E-state index in [0.29, 0.717) is 12.2 Å². The molecule has 8 nitrogen and oxygen atoms in total. The van der Waals surface area contributed by atoms with Crippen LogP contribution in [0.15, 0.2) is 23.8 Å². The van der Waals surface area contributed by atoms with E-state index in [-0.39, 0.29) is 12.0 Å². The van der Waals surface area contributed by atoms with Gasteiger partial charge in [-0.15, -0.1) is 0 Å². The Hall–Kier alpha value is -1.74. The first-order valence-electron chi connectivity index (χ1n) is 9.56. The fourth-order valence-corrected chi connectivity index (χ4v) is 5.68. The van der Waals surface area contributed by atoms with Crippen molar-refractivity contribution >= 4 is 11.9 Å². The highest BCUT2D eigenvalue weighted by molar-refractivity contribution is 5.92. The third kappa shape index (κ3) is 1.94. The highest BCUT2D eigenvalue weighted by Gasteiger charge is 2.88. The normalized spacial score (nSPS) is 53.8. The molecule has 28 heavy (non-hydrogen) atoms. The number of hydrogen-bond acceptors (Lipinski definition) is 8. The number of esters is 2. The van der Waals surface area contributed by atoms with Gasteiger partial charge in [0.15, 0.2) is 0 Å². The Morgan fingerprint density at radius 1 is 1.39 bits per heavy atom. The molecule has 0 unspecified atom stereocenters. The van der Waals surface area contributed by atoms with E-state index >= 15 is 0 Å². The zero-order valence-corrected chi connectivity index (χ0v) is 16.0. The van der Waals surface area contributed by atoms with Gasteiger partial charge in [-0.3, -0.25) is 0 Å². The maximum Gasteiger partial charge on any atom is 0.334 e. The van der Waals surface area contributed by atoms with Crippen molar-refractivity contribution in [2.24, 2.45) is 11.8 Å². The van der Waals surface area contributed by atoms with E-state index in [1.807, 2.05) is 0 Å². The van der Waals surface area contributed by atoms with E-state index in [2.05, 4.69) is 6.58 Å². The molecule has 5 rings (SSSR count). The van der Waals surface area contributed by atoms with Crippen LogP contribution in [0.5, 0.6) is 0 Å². The topological polar surface area (TPSA) is 118 Å². The zero-order chi connectivity index (χ0) is 20.2. The van der Waals surface area contributed by atoms with Gasteiger partial charge in [-0.2, -0.15) is 0 Å². The van der Waals surface area contributed by atoms with Crippen LogP contribution in [0, 0.1) is 11.8 Å². The zero-order valence-electron chi connectivity index (χ0n) is 16.0. The first-order chi connectivity index (χ1) is 13.1. The van der Waals surface area contributed by atoms with E-state index in [0.717, 1.165) is 0 Å². The number of fused-ring (bicyclic) bond motifs is 6. The summed E-state index contributed by atoms with van der Waals surface area (Å²) in [6.07, 6.45) is -1.48. The quantitative estimate of drug-likeness (QED) is 0.383. The average Bonchev–Trinajstić information content (AvgIpc) is 3.53. The van der Waals surface area contributed by atoms with E-state index in [1.165, 1.54) is 0 Å². The lowest BCUT2D eigenvalue weighted by Gasteiger charge is -2.41. The van der Waals surface area contributed by atoms with Gasteiger partial charge in [0.1, 0.15) is 35.1 Å². The van der Waals surface area contributed by atoms with Crippen molar-refractivity contribution in [1.29, 1.82) is 0 Å². The Bertz CT molecular complexity index is 828. The first kappa shape index (κ1) is 18.3. The van der Waals surface area contributed by atoms with Crippen LogP contribution in [-0.4, -0.2) is 70.0 Å². The molecule has 5 fully saturated rings. The monoisotopic (exact) mass is 392 g/mol. The average molecular weight is 392 g/mol. The summed E-state index contributed by atoms with van der Waals surface area (Å²) in [6, 6.07) is 0. The van der Waals surface area contributed by atoms with Crippen LogP contribution in [0.3, 0.4) is 0 Å². The fraction of sp³-hybridized carbons (Fsp3) is 0.700. The molecule has 8 heteroatoms. The molecule has 152 valence electrons. The summed E-state index contributed by atoms with van der Waals surface area (Å²) in [5, 5.41) is 22.8. The Kier molecular flexibility index (Phi) is 3.43. The molecular weight excluding hydrogens is 368 g/mol. The summed E-state index contributed by atoms with van der Waals surface area (Å²) >= 11 is 0. The van der Waals surface area contributed by atoms with E-state index in [1.54, 1.807) is 26.8 Å². The van der Waals surface area contributed by atoms with Crippen molar-refractivity contribution in [2.75, 3.05) is 6.61 Å². The number of hydrogen-bond donors (Lipinski definition) is 2. The molecule has 0 amide bonds. The molecule has 3 saturated heterocycles. The van der Waals surface area contributed by atoms with Gasteiger partial charge in [-0.05, 0) is 20.8 Å². The smallest absolute Gasteiger partial charge is 0.334 e. The van der Waals surface area contributed by atoms with Gasteiger partial charge in [-0.1, -0.05) is 12.7 Å². The largest absolute Gasteiger partial charge is 0.458 e. The molecule has 0 aromatic rings. The Morgan fingerprint density at radius 2 is 2.07 bits per heavy atom. The Morgan fingerprint density at radius 3 is 2.68 bits per heavy atom. The number of carbonyl (C=O) groups excluding carboxylic acids is 2. The minimum Gasteiger partial charge on any atom is -0.458 e. The minimum atomic E-state index is -1.68. The summed E-state index contributed by atoms with van der Waals surface area (Å²) in [4.78, 5) is 24.8. The molecule has 0 radical (unpaired) electrons. The molecule has 2 N–H and O–H groups in total. The van der Waals surface area contributed by atoms with Crippen molar-refractivity contribution in [3.63, 3.8) is 0 Å². The molecular formula is C20H24O8. The van der Waals surface area contributed by atoms with E-state index in [9.17, 15) is 19.8 Å². The van der Waals surface area contributed by atoms with Gasteiger partial charge in [0.2, 0.25) is 0 Å². The number of allylic oxidation sites excluding steroid dienone is 1. The number of epoxide rings is 2. The third-order valence-electron chi connectivity index (χ3n) is 7.48. The number of ether oxygens (including phenoxy) is 4. The van der Waals surface area contributed by atoms with E-state index < -0.39 is 65.0 Å². The summed E-state index contributed by atoms with van der Waals surface area (Å²) in [5.41, 5.74) is -3.03. The maximum absolute atomic E-state index is 12.5. The van der Waals surface area contributed by atoms with Crippen molar-refractivity contribution in [1.82, 2.24) is 0 Å². The van der Waals surface area contributed by atoms with E-state index in [4.69, 9.17) is 18.9 Å². The van der Waals surface area contributed by atoms with Gasteiger partial charge in [-0.25, -0.2) is 9.59 Å². The van der Waals surface area contributed by atoms with Crippen LogP contribution in [0.25, 0.3) is 0 Å². The van der Waals surface area contributed by atoms with Gasteiger partial charge in [0.25, 0.3) is 0 Å². The van der Waals surface area contributed by atoms with Crippen molar-refractivity contribution in [2.45, 2.75) is 68.4 Å². The molecule has 0 aromatic heterocycles. The summed E-state index contributed by atoms with van der Waals surface area (Å²) in [7, 11) is 0. The number of rotatable bonds is 2. The lowest BCUT2D eigenvalue weighted by atomic mass is 9.71. The van der Waals surface area contributed by atoms with Crippen LogP contribution < -0.4 is 0 Å². The SMILES string of the molecule is C=C1C(=O)O[C@H]2[C@H]1[C@H](OC(=O)/C(C)=C\C)C[C@]1(CO1)[C@@H]1[C@H](O)[C@H]3O[C@@]3(C)[C@]21O. The highest BCUT2D eigenvalue weighted by atomic mass is 16.7. The highest BCUT2D eigenvalue weighted by Crippen LogP contribution is 2.69. The van der Waals surface area contributed by atoms with Gasteiger partial charge in [0.05, 0.1) is 24.5 Å². The molecule has 2 saturated carbocycles. The van der Waals surface area contributed by atoms with Gasteiger partial charge < -0.3 is 29.2 Å². The standard InChI is InChI=1S/C20H24O8/c1-5-8(2)16(22)26-10-6-19(7-25-19)13-12(21)15-18(4,28-15)20(13,24)14-11(10)9(3)17(23)27-14/h5,10-15,21,24H,3,6-7H2,1-2,4H3/b8-5-/t10-,11-,12+,13+,14+,15-,18-,19+,20-/m1/s1. The fourth-order valence-electron chi connectivity index (χ4n) is 5.68. The second kappa shape index (κ2) is 5.24. The second-order valence-corrected chi connectivity index (χ2v) is 8.79.